The lowest BCUT2D eigenvalue weighted by Crippen LogP contribution is -2.41. The lowest BCUT2D eigenvalue weighted by Gasteiger charge is -2.22. The number of ketones is 1. The molecule has 1 fully saturated rings. The van der Waals surface area contributed by atoms with E-state index in [0.29, 0.717) is 16.1 Å². The van der Waals surface area contributed by atoms with E-state index in [0.717, 1.165) is 10.5 Å². The van der Waals surface area contributed by atoms with E-state index in [-0.39, 0.29) is 0 Å². The number of amides is 3. The van der Waals surface area contributed by atoms with Gasteiger partial charge in [-0.2, -0.15) is 0 Å². The summed E-state index contributed by atoms with van der Waals surface area (Å²) in [5.41, 5.74) is 0.684. The Balaban J connectivity index is 1.62. The molecule has 0 radical (unpaired) electrons. The van der Waals surface area contributed by atoms with Crippen LogP contribution in [-0.4, -0.2) is 41.7 Å². The van der Waals surface area contributed by atoms with Crippen LogP contribution in [0.5, 0.6) is 0 Å². The molecule has 29 heavy (non-hydrogen) atoms. The molecule has 0 aromatic heterocycles. The van der Waals surface area contributed by atoms with Crippen LogP contribution in [0.4, 0.5) is 4.79 Å². The third-order valence-electron chi connectivity index (χ3n) is 4.72. The quantitative estimate of drug-likeness (QED) is 0.445. The molecule has 1 heterocycles. The molecular formula is C21H19ClN2O5. The third kappa shape index (κ3) is 4.30. The van der Waals surface area contributed by atoms with E-state index in [1.165, 1.54) is 12.1 Å². The zero-order valence-electron chi connectivity index (χ0n) is 15.9. The Morgan fingerprint density at radius 1 is 1.07 bits per heavy atom. The molecule has 150 valence electrons. The van der Waals surface area contributed by atoms with E-state index in [4.69, 9.17) is 16.3 Å². The molecule has 1 N–H and O–H groups in total. The first-order valence-corrected chi connectivity index (χ1v) is 9.24. The third-order valence-corrected chi connectivity index (χ3v) is 4.97. The van der Waals surface area contributed by atoms with Crippen LogP contribution in [0.2, 0.25) is 5.02 Å². The minimum atomic E-state index is -1.27. The van der Waals surface area contributed by atoms with Gasteiger partial charge in [-0.1, -0.05) is 41.4 Å². The van der Waals surface area contributed by atoms with Crippen LogP contribution in [0.15, 0.2) is 48.5 Å². The monoisotopic (exact) mass is 414 g/mol. The van der Waals surface area contributed by atoms with Crippen molar-refractivity contribution >= 4 is 35.3 Å². The van der Waals surface area contributed by atoms with Gasteiger partial charge in [0.05, 0.1) is 0 Å². The molecule has 1 aliphatic heterocycles. The average molecular weight is 415 g/mol. The number of halogens is 1. The van der Waals surface area contributed by atoms with Crippen LogP contribution in [0, 0.1) is 6.92 Å². The summed E-state index contributed by atoms with van der Waals surface area (Å²) in [7, 11) is 0. The van der Waals surface area contributed by atoms with Crippen molar-refractivity contribution in [2.24, 2.45) is 0 Å². The number of nitrogens with one attached hydrogen (secondary N) is 1. The van der Waals surface area contributed by atoms with Crippen molar-refractivity contribution in [1.82, 2.24) is 10.2 Å². The lowest BCUT2D eigenvalue weighted by molar-refractivity contribution is -0.146. The summed E-state index contributed by atoms with van der Waals surface area (Å²) in [5.74, 6) is -1.84. The molecule has 2 aromatic carbocycles. The number of nitrogens with zero attached hydrogens (tertiary/aromatic N) is 1. The second-order valence-electron chi connectivity index (χ2n) is 6.90. The molecule has 1 atom stereocenters. The number of carbonyl (C=O) groups is 4. The Bertz CT molecular complexity index is 972. The van der Waals surface area contributed by atoms with Gasteiger partial charge in [0.1, 0.15) is 12.1 Å². The molecule has 2 aromatic rings. The Kier molecular flexibility index (Phi) is 5.70. The molecule has 8 heteroatoms. The predicted molar refractivity (Wildman–Crippen MR) is 106 cm³/mol. The molecule has 7 nitrogen and oxygen atoms in total. The van der Waals surface area contributed by atoms with Gasteiger partial charge in [-0.05, 0) is 43.7 Å². The minimum absolute atomic E-state index is 0.337. The van der Waals surface area contributed by atoms with Crippen molar-refractivity contribution in [2.75, 3.05) is 13.2 Å². The van der Waals surface area contributed by atoms with Crippen LogP contribution >= 0.6 is 11.6 Å². The van der Waals surface area contributed by atoms with Crippen molar-refractivity contribution in [3.05, 3.63) is 70.2 Å². The highest BCUT2D eigenvalue weighted by molar-refractivity contribution is 6.30. The van der Waals surface area contributed by atoms with Crippen LogP contribution in [0.3, 0.4) is 0 Å². The molecule has 0 unspecified atom stereocenters. The summed E-state index contributed by atoms with van der Waals surface area (Å²) >= 11 is 5.77. The predicted octanol–water partition coefficient (Wildman–Crippen LogP) is 2.84. The minimum Gasteiger partial charge on any atom is -0.456 e. The standard InChI is InChI=1S/C21H19ClN2O5/c1-13-3-7-15(8-4-13)21(2)19(27)24(20(28)23-21)11-18(26)29-12-17(25)14-5-9-16(22)10-6-14/h3-10H,11-12H2,1-2H3,(H,23,28)/t21-/m0/s1. The number of benzene rings is 2. The van der Waals surface area contributed by atoms with Gasteiger partial charge in [0.15, 0.2) is 12.4 Å². The number of Topliss-reactive ketones (excluding diaryl/α,β-unsaturated/α-hetero) is 1. The van der Waals surface area contributed by atoms with Gasteiger partial charge in [-0.25, -0.2) is 4.79 Å². The Morgan fingerprint density at radius 2 is 1.69 bits per heavy atom. The van der Waals surface area contributed by atoms with Crippen molar-refractivity contribution in [1.29, 1.82) is 0 Å². The van der Waals surface area contributed by atoms with E-state index in [1.807, 2.05) is 19.1 Å². The SMILES string of the molecule is Cc1ccc([C@]2(C)NC(=O)N(CC(=O)OCC(=O)c3ccc(Cl)cc3)C2=O)cc1. The lowest BCUT2D eigenvalue weighted by atomic mass is 9.91. The van der Waals surface area contributed by atoms with E-state index < -0.39 is 42.4 Å². The van der Waals surface area contributed by atoms with Gasteiger partial charge < -0.3 is 10.1 Å². The number of aryl methyl sites for hydroxylation is 1. The van der Waals surface area contributed by atoms with E-state index in [9.17, 15) is 19.2 Å². The van der Waals surface area contributed by atoms with E-state index in [2.05, 4.69) is 5.32 Å². The van der Waals surface area contributed by atoms with Crippen molar-refractivity contribution in [2.45, 2.75) is 19.4 Å². The molecular weight excluding hydrogens is 396 g/mol. The van der Waals surface area contributed by atoms with Gasteiger partial charge >= 0.3 is 12.0 Å². The molecule has 1 saturated heterocycles. The molecule has 0 saturated carbocycles. The van der Waals surface area contributed by atoms with Crippen LogP contribution in [0.25, 0.3) is 0 Å². The molecule has 0 spiro atoms. The Labute approximate surface area is 172 Å². The number of hydrogen-bond donors (Lipinski definition) is 1. The maximum atomic E-state index is 12.8. The van der Waals surface area contributed by atoms with Crippen LogP contribution in [0.1, 0.15) is 28.4 Å². The second kappa shape index (κ2) is 8.05. The maximum absolute atomic E-state index is 12.8. The average Bonchev–Trinajstić information content (AvgIpc) is 2.91. The molecule has 1 aliphatic rings. The van der Waals surface area contributed by atoms with Gasteiger partial charge in [0.2, 0.25) is 0 Å². The number of ether oxygens (including phenoxy) is 1. The van der Waals surface area contributed by atoms with Gasteiger partial charge in [0, 0.05) is 10.6 Å². The Hall–Kier alpha value is -3.19. The summed E-state index contributed by atoms with van der Waals surface area (Å²) in [5, 5.41) is 3.10. The largest absolute Gasteiger partial charge is 0.456 e. The van der Waals surface area contributed by atoms with Crippen molar-refractivity contribution in [3.63, 3.8) is 0 Å². The highest BCUT2D eigenvalue weighted by Crippen LogP contribution is 2.28. The summed E-state index contributed by atoms with van der Waals surface area (Å²) in [6, 6.07) is 12.6. The van der Waals surface area contributed by atoms with Gasteiger partial charge in [-0.3, -0.25) is 19.3 Å². The molecule has 0 bridgehead atoms. The normalized spacial score (nSPS) is 18.5. The van der Waals surface area contributed by atoms with Gasteiger partial charge in [-0.15, -0.1) is 0 Å². The first kappa shape index (κ1) is 20.5. The summed E-state index contributed by atoms with van der Waals surface area (Å²) in [6.07, 6.45) is 0. The first-order valence-electron chi connectivity index (χ1n) is 8.86. The van der Waals surface area contributed by atoms with Crippen molar-refractivity contribution < 1.29 is 23.9 Å². The second-order valence-corrected chi connectivity index (χ2v) is 7.34. The van der Waals surface area contributed by atoms with Gasteiger partial charge in [0.25, 0.3) is 5.91 Å². The molecule has 0 aliphatic carbocycles. The summed E-state index contributed by atoms with van der Waals surface area (Å²) in [4.78, 5) is 50.0. The highest BCUT2D eigenvalue weighted by Gasteiger charge is 2.49. The molecule has 3 rings (SSSR count). The number of carbonyl (C=O) groups excluding carboxylic acids is 4. The number of rotatable bonds is 6. The first-order chi connectivity index (χ1) is 13.7. The van der Waals surface area contributed by atoms with E-state index in [1.54, 1.807) is 31.2 Å². The number of esters is 1. The van der Waals surface area contributed by atoms with Crippen LogP contribution in [-0.2, 0) is 19.9 Å². The topological polar surface area (TPSA) is 92.8 Å². The smallest absolute Gasteiger partial charge is 0.326 e. The summed E-state index contributed by atoms with van der Waals surface area (Å²) < 4.78 is 4.94. The fraction of sp³-hybridized carbons (Fsp3) is 0.238. The van der Waals surface area contributed by atoms with E-state index >= 15 is 0 Å². The summed E-state index contributed by atoms with van der Waals surface area (Å²) in [6.45, 7) is 2.40. The number of hydrogen-bond acceptors (Lipinski definition) is 5. The zero-order valence-corrected chi connectivity index (χ0v) is 16.7. The van der Waals surface area contributed by atoms with Crippen LogP contribution < -0.4 is 5.32 Å². The number of imide groups is 1. The van der Waals surface area contributed by atoms with Crippen molar-refractivity contribution in [3.8, 4) is 0 Å². The fourth-order valence-corrected chi connectivity index (χ4v) is 3.09. The number of urea groups is 1. The molecule has 3 amide bonds. The maximum Gasteiger partial charge on any atom is 0.326 e. The highest BCUT2D eigenvalue weighted by atomic mass is 35.5. The Morgan fingerprint density at radius 3 is 2.31 bits per heavy atom. The fourth-order valence-electron chi connectivity index (χ4n) is 2.96. The zero-order chi connectivity index (χ0) is 21.2.